The zero-order valence-corrected chi connectivity index (χ0v) is 14.5. The second-order valence-electron chi connectivity index (χ2n) is 5.50. The minimum absolute atomic E-state index is 0.0635. The van der Waals surface area contributed by atoms with Crippen LogP contribution in [0.1, 0.15) is 15.9 Å². The SMILES string of the molecule is COc1ccc(OS(=O)(=O)c2ccc(C)cc2)c2cccc(C=O)c12. The molecule has 0 heterocycles. The molecular weight excluding hydrogens is 340 g/mol. The molecule has 0 atom stereocenters. The van der Waals surface area contributed by atoms with Crippen molar-refractivity contribution in [1.82, 2.24) is 0 Å². The third-order valence-electron chi connectivity index (χ3n) is 3.85. The first kappa shape index (κ1) is 17.0. The van der Waals surface area contributed by atoms with Crippen molar-refractivity contribution in [3.8, 4) is 11.5 Å². The van der Waals surface area contributed by atoms with Crippen molar-refractivity contribution in [2.45, 2.75) is 11.8 Å². The maximum Gasteiger partial charge on any atom is 0.339 e. The second kappa shape index (κ2) is 6.57. The van der Waals surface area contributed by atoms with Crippen LogP contribution in [0.15, 0.2) is 59.5 Å². The molecule has 3 aromatic rings. The van der Waals surface area contributed by atoms with Crippen molar-refractivity contribution in [3.63, 3.8) is 0 Å². The van der Waals surface area contributed by atoms with Crippen LogP contribution in [-0.2, 0) is 10.1 Å². The van der Waals surface area contributed by atoms with E-state index in [1.807, 2.05) is 6.92 Å². The molecule has 0 aliphatic carbocycles. The molecule has 5 nitrogen and oxygen atoms in total. The quantitative estimate of drug-likeness (QED) is 0.514. The standard InChI is InChI=1S/C19H16O5S/c1-13-6-8-15(9-7-13)25(21,22)24-17-10-11-18(23-2)19-14(12-20)4-3-5-16(17)19/h3-12H,1-2H3. The van der Waals surface area contributed by atoms with Crippen molar-refractivity contribution in [2.24, 2.45) is 0 Å². The highest BCUT2D eigenvalue weighted by atomic mass is 32.2. The van der Waals surface area contributed by atoms with E-state index < -0.39 is 10.1 Å². The van der Waals surface area contributed by atoms with Crippen molar-refractivity contribution in [2.75, 3.05) is 7.11 Å². The number of benzene rings is 3. The number of aldehydes is 1. The molecule has 0 spiro atoms. The highest BCUT2D eigenvalue weighted by Gasteiger charge is 2.19. The van der Waals surface area contributed by atoms with Gasteiger partial charge in [0, 0.05) is 16.3 Å². The molecular formula is C19H16O5S. The highest BCUT2D eigenvalue weighted by molar-refractivity contribution is 7.87. The average Bonchev–Trinajstić information content (AvgIpc) is 2.61. The highest BCUT2D eigenvalue weighted by Crippen LogP contribution is 2.36. The zero-order valence-electron chi connectivity index (χ0n) is 13.7. The smallest absolute Gasteiger partial charge is 0.339 e. The van der Waals surface area contributed by atoms with Crippen LogP contribution in [0.3, 0.4) is 0 Å². The van der Waals surface area contributed by atoms with Gasteiger partial charge in [0.25, 0.3) is 0 Å². The number of methoxy groups -OCH3 is 1. The Labute approximate surface area is 145 Å². The molecule has 0 amide bonds. The predicted molar refractivity (Wildman–Crippen MR) is 94.9 cm³/mol. The zero-order chi connectivity index (χ0) is 18.0. The van der Waals surface area contributed by atoms with Crippen LogP contribution < -0.4 is 8.92 Å². The van der Waals surface area contributed by atoms with E-state index in [4.69, 9.17) is 8.92 Å². The molecule has 0 bridgehead atoms. The summed E-state index contributed by atoms with van der Waals surface area (Å²) in [4.78, 5) is 11.4. The molecule has 0 saturated carbocycles. The summed E-state index contributed by atoms with van der Waals surface area (Å²) in [7, 11) is -2.50. The van der Waals surface area contributed by atoms with Crippen LogP contribution in [0.2, 0.25) is 0 Å². The Morgan fingerprint density at radius 2 is 1.60 bits per heavy atom. The third-order valence-corrected chi connectivity index (χ3v) is 5.10. The minimum atomic E-state index is -3.99. The van der Waals surface area contributed by atoms with Gasteiger partial charge in [-0.15, -0.1) is 0 Å². The lowest BCUT2D eigenvalue weighted by molar-refractivity contribution is 0.112. The molecule has 0 fully saturated rings. The molecule has 25 heavy (non-hydrogen) atoms. The molecule has 0 N–H and O–H groups in total. The Morgan fingerprint density at radius 1 is 0.920 bits per heavy atom. The summed E-state index contributed by atoms with van der Waals surface area (Å²) in [6.45, 7) is 1.87. The van der Waals surface area contributed by atoms with E-state index in [2.05, 4.69) is 0 Å². The van der Waals surface area contributed by atoms with Gasteiger partial charge in [-0.1, -0.05) is 35.9 Å². The van der Waals surface area contributed by atoms with E-state index in [-0.39, 0.29) is 10.6 Å². The topological polar surface area (TPSA) is 69.7 Å². The number of hydrogen-bond acceptors (Lipinski definition) is 5. The first-order valence-electron chi connectivity index (χ1n) is 7.52. The minimum Gasteiger partial charge on any atom is -0.496 e. The van der Waals surface area contributed by atoms with Crippen LogP contribution in [0, 0.1) is 6.92 Å². The second-order valence-corrected chi connectivity index (χ2v) is 7.05. The van der Waals surface area contributed by atoms with Crippen LogP contribution in [0.25, 0.3) is 10.8 Å². The van der Waals surface area contributed by atoms with Crippen LogP contribution in [-0.4, -0.2) is 21.8 Å². The summed E-state index contributed by atoms with van der Waals surface area (Å²) in [5.74, 6) is 0.609. The molecule has 0 unspecified atom stereocenters. The van der Waals surface area contributed by atoms with Crippen LogP contribution in [0.5, 0.6) is 11.5 Å². The van der Waals surface area contributed by atoms with E-state index in [1.54, 1.807) is 36.4 Å². The average molecular weight is 356 g/mol. The molecule has 3 aromatic carbocycles. The number of aryl methyl sites for hydroxylation is 1. The van der Waals surface area contributed by atoms with Gasteiger partial charge in [-0.2, -0.15) is 8.42 Å². The number of ether oxygens (including phenoxy) is 1. The summed E-state index contributed by atoms with van der Waals surface area (Å²) in [5.41, 5.74) is 1.34. The molecule has 0 aliphatic rings. The van der Waals surface area contributed by atoms with Gasteiger partial charge in [0.15, 0.2) is 12.0 Å². The monoisotopic (exact) mass is 356 g/mol. The molecule has 128 valence electrons. The van der Waals surface area contributed by atoms with E-state index in [1.165, 1.54) is 25.3 Å². The van der Waals surface area contributed by atoms with Crippen molar-refractivity contribution >= 4 is 27.2 Å². The molecule has 0 aliphatic heterocycles. The largest absolute Gasteiger partial charge is 0.496 e. The summed E-state index contributed by atoms with van der Waals surface area (Å²) in [5, 5.41) is 0.997. The van der Waals surface area contributed by atoms with Crippen molar-refractivity contribution in [1.29, 1.82) is 0 Å². The fraction of sp³-hybridized carbons (Fsp3) is 0.105. The van der Waals surface area contributed by atoms with Crippen LogP contribution >= 0.6 is 0 Å². The molecule has 0 radical (unpaired) electrons. The number of carbonyl (C=O) groups excluding carboxylic acids is 1. The van der Waals surface area contributed by atoms with E-state index in [0.717, 1.165) is 5.56 Å². The molecule has 0 saturated heterocycles. The van der Waals surface area contributed by atoms with Crippen molar-refractivity contribution < 1.29 is 22.1 Å². The lowest BCUT2D eigenvalue weighted by atomic mass is 10.0. The van der Waals surface area contributed by atoms with Gasteiger partial charge in [0.1, 0.15) is 10.6 Å². The lowest BCUT2D eigenvalue weighted by Crippen LogP contribution is -2.10. The molecule has 6 heteroatoms. The lowest BCUT2D eigenvalue weighted by Gasteiger charge is -2.13. The fourth-order valence-electron chi connectivity index (χ4n) is 2.59. The summed E-state index contributed by atoms with van der Waals surface area (Å²) < 4.78 is 35.7. The number of hydrogen-bond donors (Lipinski definition) is 0. The first-order valence-corrected chi connectivity index (χ1v) is 8.93. The summed E-state index contributed by atoms with van der Waals surface area (Å²) in [6, 6.07) is 14.5. The maximum absolute atomic E-state index is 12.5. The molecule has 0 aromatic heterocycles. The Morgan fingerprint density at radius 3 is 2.24 bits per heavy atom. The van der Waals surface area contributed by atoms with Gasteiger partial charge >= 0.3 is 10.1 Å². The van der Waals surface area contributed by atoms with E-state index >= 15 is 0 Å². The fourth-order valence-corrected chi connectivity index (χ4v) is 3.53. The Kier molecular flexibility index (Phi) is 4.46. The van der Waals surface area contributed by atoms with Gasteiger partial charge in [-0.05, 0) is 31.2 Å². The van der Waals surface area contributed by atoms with Crippen molar-refractivity contribution in [3.05, 3.63) is 65.7 Å². The Bertz CT molecular complexity index is 1040. The van der Waals surface area contributed by atoms with E-state index in [9.17, 15) is 13.2 Å². The predicted octanol–water partition coefficient (Wildman–Crippen LogP) is 3.74. The normalized spacial score (nSPS) is 11.3. The van der Waals surface area contributed by atoms with Gasteiger partial charge in [0.2, 0.25) is 0 Å². The number of fused-ring (bicyclic) bond motifs is 1. The van der Waals surface area contributed by atoms with Gasteiger partial charge < -0.3 is 8.92 Å². The van der Waals surface area contributed by atoms with Gasteiger partial charge in [-0.3, -0.25) is 4.79 Å². The summed E-state index contributed by atoms with van der Waals surface area (Å²) in [6.07, 6.45) is 0.698. The van der Waals surface area contributed by atoms with Crippen LogP contribution in [0.4, 0.5) is 0 Å². The van der Waals surface area contributed by atoms with Gasteiger partial charge in [-0.25, -0.2) is 0 Å². The Balaban J connectivity index is 2.14. The van der Waals surface area contributed by atoms with E-state index in [0.29, 0.717) is 28.4 Å². The number of carbonyl (C=O) groups is 1. The number of rotatable bonds is 5. The first-order chi connectivity index (χ1) is 12.0. The van der Waals surface area contributed by atoms with Gasteiger partial charge in [0.05, 0.1) is 7.11 Å². The Hall–Kier alpha value is -2.86. The molecule has 3 rings (SSSR count). The summed E-state index contributed by atoms with van der Waals surface area (Å²) >= 11 is 0. The third kappa shape index (κ3) is 3.21. The maximum atomic E-state index is 12.5.